The maximum atomic E-state index is 13.6. The third-order valence-corrected chi connectivity index (χ3v) is 5.59. The summed E-state index contributed by atoms with van der Waals surface area (Å²) in [6.45, 7) is 10.0. The Balaban J connectivity index is 0.00000341. The van der Waals surface area contributed by atoms with Crippen LogP contribution in [0.1, 0.15) is 30.5 Å². The molecule has 31 heavy (non-hydrogen) atoms. The molecule has 3 rings (SSSR count). The Kier molecular flexibility index (Phi) is 10.2. The van der Waals surface area contributed by atoms with Crippen molar-refractivity contribution < 1.29 is 9.13 Å². The number of rotatable bonds is 7. The third-order valence-electron chi connectivity index (χ3n) is 5.59. The molecule has 7 heteroatoms. The van der Waals surface area contributed by atoms with Crippen LogP contribution in [-0.2, 0) is 23.2 Å². The molecule has 170 valence electrons. The van der Waals surface area contributed by atoms with E-state index in [0.717, 1.165) is 44.4 Å². The van der Waals surface area contributed by atoms with Crippen LogP contribution in [0.5, 0.6) is 0 Å². The molecule has 0 aliphatic carbocycles. The van der Waals surface area contributed by atoms with Crippen molar-refractivity contribution >= 4 is 29.9 Å². The van der Waals surface area contributed by atoms with Crippen molar-refractivity contribution in [2.24, 2.45) is 4.99 Å². The molecule has 0 bridgehead atoms. The number of halogens is 2. The average molecular weight is 540 g/mol. The van der Waals surface area contributed by atoms with Gasteiger partial charge in [0.2, 0.25) is 0 Å². The molecule has 1 fully saturated rings. The molecule has 2 N–H and O–H groups in total. The number of aliphatic imine (C=N–C) groups is 1. The van der Waals surface area contributed by atoms with Crippen LogP contribution in [0.15, 0.2) is 53.5 Å². The van der Waals surface area contributed by atoms with E-state index in [9.17, 15) is 4.39 Å². The van der Waals surface area contributed by atoms with Crippen LogP contribution < -0.4 is 10.6 Å². The van der Waals surface area contributed by atoms with E-state index in [2.05, 4.69) is 58.6 Å². The van der Waals surface area contributed by atoms with Gasteiger partial charge in [-0.15, -0.1) is 24.0 Å². The standard InChI is InChI=1S/C24H33FN4O.HI/c1-24(2,21-9-6-10-22(25)15-21)18-28-23(26-3)27-16-19-7-4-5-8-20(19)17-29-11-13-30-14-12-29;/h4-10,15H,11-14,16-18H2,1-3H3,(H2,26,27,28);1H. The summed E-state index contributed by atoms with van der Waals surface area (Å²) < 4.78 is 19.1. The molecule has 2 aromatic carbocycles. The summed E-state index contributed by atoms with van der Waals surface area (Å²) in [5.41, 5.74) is 3.31. The first-order valence-corrected chi connectivity index (χ1v) is 10.6. The lowest BCUT2D eigenvalue weighted by Gasteiger charge is -2.28. The molecule has 1 aliphatic heterocycles. The van der Waals surface area contributed by atoms with E-state index in [0.29, 0.717) is 13.1 Å². The highest BCUT2D eigenvalue weighted by Gasteiger charge is 2.21. The summed E-state index contributed by atoms with van der Waals surface area (Å²) in [6.07, 6.45) is 0. The molecule has 0 radical (unpaired) electrons. The summed E-state index contributed by atoms with van der Waals surface area (Å²) in [4.78, 5) is 6.78. The van der Waals surface area contributed by atoms with Crippen molar-refractivity contribution in [3.05, 3.63) is 71.0 Å². The van der Waals surface area contributed by atoms with Gasteiger partial charge in [0.15, 0.2) is 5.96 Å². The fraction of sp³-hybridized carbons (Fsp3) is 0.458. The minimum Gasteiger partial charge on any atom is -0.379 e. The van der Waals surface area contributed by atoms with Gasteiger partial charge >= 0.3 is 0 Å². The summed E-state index contributed by atoms with van der Waals surface area (Å²) in [5.74, 6) is 0.528. The maximum absolute atomic E-state index is 13.6. The van der Waals surface area contributed by atoms with Gasteiger partial charge in [-0.2, -0.15) is 0 Å². The van der Waals surface area contributed by atoms with E-state index in [1.165, 1.54) is 17.2 Å². The number of morpholine rings is 1. The Labute approximate surface area is 202 Å². The number of nitrogens with one attached hydrogen (secondary N) is 2. The number of hydrogen-bond donors (Lipinski definition) is 2. The number of guanidine groups is 1. The fourth-order valence-electron chi connectivity index (χ4n) is 3.60. The molecule has 1 aliphatic rings. The summed E-state index contributed by atoms with van der Waals surface area (Å²) in [7, 11) is 1.77. The minimum atomic E-state index is -0.228. The van der Waals surface area contributed by atoms with Crippen molar-refractivity contribution in [3.63, 3.8) is 0 Å². The zero-order valence-corrected chi connectivity index (χ0v) is 21.0. The van der Waals surface area contributed by atoms with Gasteiger partial charge in [0.05, 0.1) is 13.2 Å². The van der Waals surface area contributed by atoms with Gasteiger partial charge in [0, 0.05) is 45.2 Å². The van der Waals surface area contributed by atoms with Crippen LogP contribution >= 0.6 is 24.0 Å². The average Bonchev–Trinajstić information content (AvgIpc) is 2.75. The van der Waals surface area contributed by atoms with Gasteiger partial charge in [-0.25, -0.2) is 4.39 Å². The van der Waals surface area contributed by atoms with Crippen LogP contribution in [0.4, 0.5) is 4.39 Å². The van der Waals surface area contributed by atoms with Crippen LogP contribution in [0, 0.1) is 5.82 Å². The number of hydrogen-bond acceptors (Lipinski definition) is 3. The molecule has 2 aromatic rings. The van der Waals surface area contributed by atoms with Crippen molar-refractivity contribution in [1.29, 1.82) is 0 Å². The third kappa shape index (κ3) is 7.73. The molecule has 0 aromatic heterocycles. The Morgan fingerprint density at radius 2 is 1.77 bits per heavy atom. The van der Waals surface area contributed by atoms with E-state index in [1.807, 2.05) is 6.07 Å². The molecule has 5 nitrogen and oxygen atoms in total. The SMILES string of the molecule is CN=C(NCc1ccccc1CN1CCOCC1)NCC(C)(C)c1cccc(F)c1.I. The molecule has 0 unspecified atom stereocenters. The van der Waals surface area contributed by atoms with E-state index in [4.69, 9.17) is 4.74 Å². The molecule has 0 atom stereocenters. The Bertz CT molecular complexity index is 853. The largest absolute Gasteiger partial charge is 0.379 e. The van der Waals surface area contributed by atoms with Crippen molar-refractivity contribution in [2.75, 3.05) is 39.9 Å². The molecular weight excluding hydrogens is 506 g/mol. The van der Waals surface area contributed by atoms with Gasteiger partial charge in [0.1, 0.15) is 5.82 Å². The zero-order valence-electron chi connectivity index (χ0n) is 18.7. The van der Waals surface area contributed by atoms with Crippen LogP contribution in [0.3, 0.4) is 0 Å². The first-order valence-electron chi connectivity index (χ1n) is 10.6. The molecule has 1 saturated heterocycles. The van der Waals surface area contributed by atoms with Crippen LogP contribution in [0.25, 0.3) is 0 Å². The quantitative estimate of drug-likeness (QED) is 0.318. The van der Waals surface area contributed by atoms with E-state index < -0.39 is 0 Å². The lowest BCUT2D eigenvalue weighted by Crippen LogP contribution is -2.43. The highest BCUT2D eigenvalue weighted by molar-refractivity contribution is 14.0. The van der Waals surface area contributed by atoms with Crippen molar-refractivity contribution in [1.82, 2.24) is 15.5 Å². The first-order chi connectivity index (χ1) is 14.5. The van der Waals surface area contributed by atoms with Crippen LogP contribution in [-0.4, -0.2) is 50.8 Å². The molecule has 1 heterocycles. The van der Waals surface area contributed by atoms with E-state index in [1.54, 1.807) is 19.2 Å². The summed E-state index contributed by atoms with van der Waals surface area (Å²) in [6, 6.07) is 15.3. The second-order valence-electron chi connectivity index (χ2n) is 8.33. The molecule has 0 spiro atoms. The van der Waals surface area contributed by atoms with Crippen molar-refractivity contribution in [2.45, 2.75) is 32.4 Å². The Hall–Kier alpha value is -1.71. The smallest absolute Gasteiger partial charge is 0.191 e. The second kappa shape index (κ2) is 12.4. The predicted molar refractivity (Wildman–Crippen MR) is 136 cm³/mol. The molecular formula is C24H34FIN4O. The topological polar surface area (TPSA) is 48.9 Å². The second-order valence-corrected chi connectivity index (χ2v) is 8.33. The van der Waals surface area contributed by atoms with Gasteiger partial charge in [-0.05, 0) is 28.8 Å². The molecule has 0 amide bonds. The predicted octanol–water partition coefficient (Wildman–Crippen LogP) is 3.92. The zero-order chi connectivity index (χ0) is 21.4. The molecule has 0 saturated carbocycles. The summed E-state index contributed by atoms with van der Waals surface area (Å²) >= 11 is 0. The normalized spacial score (nSPS) is 15.3. The fourth-order valence-corrected chi connectivity index (χ4v) is 3.60. The highest BCUT2D eigenvalue weighted by atomic mass is 127. The number of ether oxygens (including phenoxy) is 1. The minimum absolute atomic E-state index is 0. The van der Waals surface area contributed by atoms with Crippen LogP contribution in [0.2, 0.25) is 0 Å². The van der Waals surface area contributed by atoms with E-state index in [-0.39, 0.29) is 35.2 Å². The highest BCUT2D eigenvalue weighted by Crippen LogP contribution is 2.22. The van der Waals surface area contributed by atoms with Gasteiger partial charge in [-0.1, -0.05) is 50.2 Å². The maximum Gasteiger partial charge on any atom is 0.191 e. The Morgan fingerprint density at radius 3 is 2.45 bits per heavy atom. The van der Waals surface area contributed by atoms with Crippen molar-refractivity contribution in [3.8, 4) is 0 Å². The number of nitrogens with zero attached hydrogens (tertiary/aromatic N) is 2. The monoisotopic (exact) mass is 540 g/mol. The lowest BCUT2D eigenvalue weighted by atomic mass is 9.84. The first kappa shape index (κ1) is 25.5. The Morgan fingerprint density at radius 1 is 1.06 bits per heavy atom. The summed E-state index contributed by atoms with van der Waals surface area (Å²) in [5, 5.41) is 6.81. The van der Waals surface area contributed by atoms with Gasteiger partial charge in [0.25, 0.3) is 0 Å². The number of benzene rings is 2. The van der Waals surface area contributed by atoms with E-state index >= 15 is 0 Å². The van der Waals surface area contributed by atoms with Gasteiger partial charge < -0.3 is 15.4 Å². The lowest BCUT2D eigenvalue weighted by molar-refractivity contribution is 0.0341. The van der Waals surface area contributed by atoms with Gasteiger partial charge in [-0.3, -0.25) is 9.89 Å².